The Morgan fingerprint density at radius 2 is 2.25 bits per heavy atom. The van der Waals surface area contributed by atoms with Gasteiger partial charge in [0.2, 0.25) is 0 Å². The molecule has 3 heteroatoms. The smallest absolute Gasteiger partial charge is 0.0309 e. The van der Waals surface area contributed by atoms with E-state index in [9.17, 15) is 0 Å². The summed E-state index contributed by atoms with van der Waals surface area (Å²) in [5.74, 6) is 3.48. The maximum absolute atomic E-state index is 3.75. The van der Waals surface area contributed by atoms with Crippen molar-refractivity contribution in [3.8, 4) is 0 Å². The van der Waals surface area contributed by atoms with E-state index in [1.807, 2.05) is 0 Å². The van der Waals surface area contributed by atoms with Gasteiger partial charge in [-0.1, -0.05) is 6.92 Å². The number of hydrogen-bond acceptors (Lipinski definition) is 3. The van der Waals surface area contributed by atoms with Gasteiger partial charge in [0.1, 0.15) is 0 Å². The van der Waals surface area contributed by atoms with E-state index in [1.54, 1.807) is 0 Å². The predicted octanol–water partition coefficient (Wildman–Crippen LogP) is 2.20. The van der Waals surface area contributed by atoms with Crippen molar-refractivity contribution >= 4 is 11.8 Å². The van der Waals surface area contributed by atoms with Crippen LogP contribution in [0.3, 0.4) is 0 Å². The van der Waals surface area contributed by atoms with Crippen LogP contribution in [-0.4, -0.2) is 47.6 Å². The van der Waals surface area contributed by atoms with E-state index in [1.165, 1.54) is 44.0 Å². The van der Waals surface area contributed by atoms with E-state index < -0.39 is 0 Å². The van der Waals surface area contributed by atoms with Crippen LogP contribution >= 0.6 is 11.8 Å². The van der Waals surface area contributed by atoms with Gasteiger partial charge in [-0.2, -0.15) is 11.8 Å². The molecule has 1 saturated carbocycles. The monoisotopic (exact) mass is 242 g/mol. The normalized spacial score (nSPS) is 33.9. The Balaban J connectivity index is 1.85. The average Bonchev–Trinajstić information content (AvgIpc) is 3.10. The molecule has 2 aliphatic rings. The van der Waals surface area contributed by atoms with Crippen LogP contribution in [0, 0.1) is 5.92 Å². The summed E-state index contributed by atoms with van der Waals surface area (Å²) < 4.78 is 0. The molecule has 1 N–H and O–H groups in total. The van der Waals surface area contributed by atoms with Crippen LogP contribution in [-0.2, 0) is 0 Å². The Kier molecular flexibility index (Phi) is 4.20. The van der Waals surface area contributed by atoms with Crippen LogP contribution in [0.4, 0.5) is 0 Å². The largest absolute Gasteiger partial charge is 0.309 e. The molecule has 94 valence electrons. The third kappa shape index (κ3) is 2.93. The molecule has 0 spiro atoms. The first kappa shape index (κ1) is 12.7. The zero-order chi connectivity index (χ0) is 11.6. The van der Waals surface area contributed by atoms with Gasteiger partial charge in [-0.05, 0) is 38.4 Å². The highest BCUT2D eigenvalue weighted by Gasteiger charge is 2.44. The summed E-state index contributed by atoms with van der Waals surface area (Å²) in [4.78, 5) is 2.69. The quantitative estimate of drug-likeness (QED) is 0.796. The fourth-order valence-corrected chi connectivity index (χ4v) is 3.59. The highest BCUT2D eigenvalue weighted by molar-refractivity contribution is 7.99. The van der Waals surface area contributed by atoms with Gasteiger partial charge >= 0.3 is 0 Å². The van der Waals surface area contributed by atoms with Gasteiger partial charge in [0.15, 0.2) is 0 Å². The molecule has 1 saturated heterocycles. The van der Waals surface area contributed by atoms with E-state index in [4.69, 9.17) is 0 Å². The van der Waals surface area contributed by atoms with Crippen LogP contribution in [0.5, 0.6) is 0 Å². The van der Waals surface area contributed by atoms with E-state index >= 15 is 0 Å². The zero-order valence-electron chi connectivity index (χ0n) is 11.0. The molecule has 2 unspecified atom stereocenters. The number of rotatable bonds is 5. The second kappa shape index (κ2) is 5.28. The van der Waals surface area contributed by atoms with Crippen LogP contribution in [0.25, 0.3) is 0 Å². The molecule has 2 rings (SSSR count). The first-order valence-corrected chi connectivity index (χ1v) is 7.88. The molecule has 0 bridgehead atoms. The van der Waals surface area contributed by atoms with E-state index in [2.05, 4.69) is 42.7 Å². The molecule has 0 aromatic rings. The minimum atomic E-state index is 0.406. The molecular formula is C13H26N2S. The lowest BCUT2D eigenvalue weighted by atomic mass is 9.92. The summed E-state index contributed by atoms with van der Waals surface area (Å²) in [6, 6.07) is 0.741. The lowest BCUT2D eigenvalue weighted by Crippen LogP contribution is -2.61. The van der Waals surface area contributed by atoms with Gasteiger partial charge in [-0.15, -0.1) is 0 Å². The first-order valence-electron chi connectivity index (χ1n) is 6.72. The molecule has 0 aromatic carbocycles. The third-order valence-electron chi connectivity index (χ3n) is 4.12. The van der Waals surface area contributed by atoms with Crippen molar-refractivity contribution < 1.29 is 0 Å². The van der Waals surface area contributed by atoms with Crippen molar-refractivity contribution in [1.29, 1.82) is 0 Å². The molecule has 0 radical (unpaired) electrons. The number of thioether (sulfide) groups is 1. The Morgan fingerprint density at radius 1 is 1.50 bits per heavy atom. The number of hydrogen-bond donors (Lipinski definition) is 1. The lowest BCUT2D eigenvalue weighted by Gasteiger charge is -2.44. The Hall–Kier alpha value is 0.270. The molecule has 0 aromatic heterocycles. The third-order valence-corrected chi connectivity index (χ3v) is 5.25. The number of nitrogens with zero attached hydrogens (tertiary/aromatic N) is 1. The predicted molar refractivity (Wildman–Crippen MR) is 73.2 cm³/mol. The second-order valence-electron chi connectivity index (χ2n) is 5.60. The molecule has 1 aliphatic heterocycles. The Labute approximate surface area is 105 Å². The zero-order valence-corrected chi connectivity index (χ0v) is 11.8. The van der Waals surface area contributed by atoms with Gasteiger partial charge in [-0.25, -0.2) is 0 Å². The van der Waals surface area contributed by atoms with Gasteiger partial charge in [-0.3, -0.25) is 4.90 Å². The molecule has 1 aliphatic carbocycles. The van der Waals surface area contributed by atoms with Gasteiger partial charge < -0.3 is 5.32 Å². The summed E-state index contributed by atoms with van der Waals surface area (Å²) in [5, 5.41) is 3.75. The summed E-state index contributed by atoms with van der Waals surface area (Å²) in [7, 11) is 0. The van der Waals surface area contributed by atoms with Gasteiger partial charge in [0.25, 0.3) is 0 Å². The van der Waals surface area contributed by atoms with Gasteiger partial charge in [0, 0.05) is 37.0 Å². The lowest BCUT2D eigenvalue weighted by molar-refractivity contribution is 0.103. The van der Waals surface area contributed by atoms with Crippen molar-refractivity contribution in [2.45, 2.75) is 45.2 Å². The maximum atomic E-state index is 3.75. The molecule has 2 atom stereocenters. The highest BCUT2D eigenvalue weighted by atomic mass is 32.2. The molecule has 1 heterocycles. The number of piperazine rings is 1. The average molecular weight is 242 g/mol. The van der Waals surface area contributed by atoms with Crippen molar-refractivity contribution in [3.05, 3.63) is 0 Å². The molecule has 16 heavy (non-hydrogen) atoms. The summed E-state index contributed by atoms with van der Waals surface area (Å²) in [6.45, 7) is 10.7. The fourth-order valence-electron chi connectivity index (χ4n) is 2.81. The summed E-state index contributed by atoms with van der Waals surface area (Å²) in [6.07, 6.45) is 2.88. The van der Waals surface area contributed by atoms with Crippen LogP contribution in [0.15, 0.2) is 0 Å². The van der Waals surface area contributed by atoms with Crippen LogP contribution < -0.4 is 5.32 Å². The Morgan fingerprint density at radius 3 is 2.88 bits per heavy atom. The van der Waals surface area contributed by atoms with Crippen LogP contribution in [0.1, 0.15) is 33.6 Å². The van der Waals surface area contributed by atoms with Gasteiger partial charge in [0.05, 0.1) is 0 Å². The summed E-state index contributed by atoms with van der Waals surface area (Å²) >= 11 is 2.07. The fraction of sp³-hybridized carbons (Fsp3) is 1.00. The van der Waals surface area contributed by atoms with E-state index in [-0.39, 0.29) is 0 Å². The summed E-state index contributed by atoms with van der Waals surface area (Å²) in [5.41, 5.74) is 0.406. The molecular weight excluding hydrogens is 216 g/mol. The van der Waals surface area contributed by atoms with Crippen molar-refractivity contribution in [2.75, 3.05) is 31.1 Å². The van der Waals surface area contributed by atoms with Crippen molar-refractivity contribution in [1.82, 2.24) is 10.2 Å². The topological polar surface area (TPSA) is 15.3 Å². The van der Waals surface area contributed by atoms with Crippen molar-refractivity contribution in [3.63, 3.8) is 0 Å². The minimum absolute atomic E-state index is 0.406. The maximum Gasteiger partial charge on any atom is 0.0309 e. The Bertz CT molecular complexity index is 230. The van der Waals surface area contributed by atoms with Crippen LogP contribution in [0.2, 0.25) is 0 Å². The molecule has 2 nitrogen and oxygen atoms in total. The van der Waals surface area contributed by atoms with E-state index in [0.717, 1.165) is 12.0 Å². The SMILES string of the molecule is CCSCC(C)N1CCNC(C)(C2CC2)C1. The van der Waals surface area contributed by atoms with Crippen molar-refractivity contribution in [2.24, 2.45) is 5.92 Å². The first-order chi connectivity index (χ1) is 7.65. The molecule has 2 fully saturated rings. The minimum Gasteiger partial charge on any atom is -0.309 e. The van der Waals surface area contributed by atoms with E-state index in [0.29, 0.717) is 5.54 Å². The standard InChI is InChI=1S/C13H26N2S/c1-4-16-9-11(2)15-8-7-14-13(3,10-15)12-5-6-12/h11-12,14H,4-10H2,1-3H3. The highest BCUT2D eigenvalue weighted by Crippen LogP contribution is 2.41. The number of nitrogens with one attached hydrogen (secondary N) is 1. The molecule has 0 amide bonds. The second-order valence-corrected chi connectivity index (χ2v) is 6.92.